The molecule has 0 rings (SSSR count). The van der Waals surface area contributed by atoms with Gasteiger partial charge >= 0.3 is 0 Å². The van der Waals surface area contributed by atoms with Gasteiger partial charge in [0.2, 0.25) is 0 Å². The quantitative estimate of drug-likeness (QED) is 0.400. The van der Waals surface area contributed by atoms with Crippen molar-refractivity contribution in [3.05, 3.63) is 0 Å². The van der Waals surface area contributed by atoms with Gasteiger partial charge in [-0.05, 0) is 0 Å². The first kappa shape index (κ1) is 7.49. The van der Waals surface area contributed by atoms with E-state index in [9.17, 15) is 0 Å². The summed E-state index contributed by atoms with van der Waals surface area (Å²) in [4.78, 5) is 3.78. The van der Waals surface area contributed by atoms with E-state index in [1.165, 1.54) is 0 Å². The summed E-state index contributed by atoms with van der Waals surface area (Å²) in [5, 5.41) is 0. The average Bonchev–Trinajstić information content (AvgIpc) is 1.61. The topological polar surface area (TPSA) is 15.6 Å². The van der Waals surface area contributed by atoms with Crippen LogP contribution < -0.4 is 0 Å². The van der Waals surface area contributed by atoms with Gasteiger partial charge in [-0.3, -0.25) is 9.43 Å². The molecule has 7 heavy (non-hydrogen) atoms. The molecule has 0 heterocycles. The molecule has 0 fully saturated rings. The molecule has 0 spiro atoms. The van der Waals surface area contributed by atoms with Gasteiger partial charge in [0.15, 0.2) is 0 Å². The van der Waals surface area contributed by atoms with Gasteiger partial charge in [0, 0.05) is 19.8 Å². The molecule has 0 aliphatic carbocycles. The lowest BCUT2D eigenvalue weighted by molar-refractivity contribution is 0.882. The van der Waals surface area contributed by atoms with Gasteiger partial charge in [0.1, 0.15) is 0 Å². The molecule has 42 valence electrons. The average molecular weight is 136 g/mol. The summed E-state index contributed by atoms with van der Waals surface area (Å²) in [6.07, 6.45) is 1.83. The molecule has 0 saturated heterocycles. The largest absolute Gasteiger partial charge is 0.299 e. The van der Waals surface area contributed by atoms with Gasteiger partial charge in [-0.15, -0.1) is 0 Å². The minimum atomic E-state index is 0.867. The molecule has 0 saturated carbocycles. The van der Waals surface area contributed by atoms with Crippen LogP contribution in [0.15, 0.2) is 4.99 Å². The maximum Gasteiger partial charge on any atom is 0.0401 e. The predicted molar refractivity (Wildman–Crippen MR) is 40.5 cm³/mol. The van der Waals surface area contributed by atoms with E-state index in [1.54, 1.807) is 7.05 Å². The standard InChI is InChI=1S/C3H10N2P2/c1-4-2-3-5(6)7/h2H,3,6-7H2,1H3. The zero-order chi connectivity index (χ0) is 5.70. The number of hydrogen-bond donors (Lipinski definition) is 0. The van der Waals surface area contributed by atoms with E-state index in [4.69, 9.17) is 0 Å². The third-order valence-electron chi connectivity index (χ3n) is 0.475. The Morgan fingerprint density at radius 1 is 1.71 bits per heavy atom. The van der Waals surface area contributed by atoms with Crippen molar-refractivity contribution in [3.8, 4) is 0 Å². The molecule has 0 amide bonds. The fourth-order valence-corrected chi connectivity index (χ4v) is 0.364. The third kappa shape index (κ3) is 6.49. The van der Waals surface area contributed by atoms with Crippen molar-refractivity contribution >= 4 is 25.0 Å². The van der Waals surface area contributed by atoms with Gasteiger partial charge in [0.05, 0.1) is 0 Å². The molecule has 2 atom stereocenters. The number of nitrogens with zero attached hydrogens (tertiary/aromatic N) is 2. The first-order valence-electron chi connectivity index (χ1n) is 1.95. The van der Waals surface area contributed by atoms with Crippen molar-refractivity contribution in [2.45, 2.75) is 0 Å². The molecular weight excluding hydrogens is 126 g/mol. The van der Waals surface area contributed by atoms with Crippen LogP contribution in [0.25, 0.3) is 0 Å². The zero-order valence-corrected chi connectivity index (χ0v) is 6.64. The Kier molecular flexibility index (Phi) is 4.97. The maximum atomic E-state index is 3.78. The second-order valence-electron chi connectivity index (χ2n) is 1.14. The predicted octanol–water partition coefficient (Wildman–Crippen LogP) is 0.569. The SMILES string of the molecule is CN=CCN(P)P. The molecule has 0 aromatic heterocycles. The van der Waals surface area contributed by atoms with Crippen LogP contribution in [0, 0.1) is 0 Å². The first-order valence-corrected chi connectivity index (χ1v) is 2.98. The van der Waals surface area contributed by atoms with Gasteiger partial charge in [-0.2, -0.15) is 0 Å². The van der Waals surface area contributed by atoms with Crippen molar-refractivity contribution in [1.82, 2.24) is 4.44 Å². The monoisotopic (exact) mass is 136 g/mol. The fraction of sp³-hybridized carbons (Fsp3) is 0.667. The lowest BCUT2D eigenvalue weighted by Gasteiger charge is -2.00. The van der Waals surface area contributed by atoms with Crippen LogP contribution >= 0.6 is 18.8 Å². The van der Waals surface area contributed by atoms with Crippen LogP contribution in [-0.4, -0.2) is 24.2 Å². The van der Waals surface area contributed by atoms with Crippen molar-refractivity contribution in [1.29, 1.82) is 0 Å². The van der Waals surface area contributed by atoms with E-state index >= 15 is 0 Å². The molecule has 0 radical (unpaired) electrons. The zero-order valence-electron chi connectivity index (χ0n) is 4.33. The normalized spacial score (nSPS) is 11.4. The third-order valence-corrected chi connectivity index (χ3v) is 0.897. The van der Waals surface area contributed by atoms with Crippen LogP contribution in [0.4, 0.5) is 0 Å². The smallest absolute Gasteiger partial charge is 0.0401 e. The van der Waals surface area contributed by atoms with E-state index in [2.05, 4.69) is 23.8 Å². The molecule has 0 aromatic rings. The Bertz CT molecular complexity index is 62.0. The van der Waals surface area contributed by atoms with Gasteiger partial charge in [-0.25, -0.2) is 0 Å². The molecule has 0 bridgehead atoms. The second kappa shape index (κ2) is 4.64. The Labute approximate surface area is 48.9 Å². The second-order valence-corrected chi connectivity index (χ2v) is 3.06. The number of rotatable bonds is 2. The van der Waals surface area contributed by atoms with Crippen LogP contribution in [0.3, 0.4) is 0 Å². The van der Waals surface area contributed by atoms with Crippen molar-refractivity contribution in [3.63, 3.8) is 0 Å². The van der Waals surface area contributed by atoms with Crippen LogP contribution in [-0.2, 0) is 0 Å². The van der Waals surface area contributed by atoms with E-state index in [0.717, 1.165) is 6.54 Å². The summed E-state index contributed by atoms with van der Waals surface area (Å²) in [6.45, 7) is 0.867. The maximum absolute atomic E-state index is 3.78. The summed E-state index contributed by atoms with van der Waals surface area (Å²) in [7, 11) is 6.79. The van der Waals surface area contributed by atoms with Gasteiger partial charge in [-0.1, -0.05) is 18.8 Å². The molecule has 0 aliphatic rings. The van der Waals surface area contributed by atoms with Crippen molar-refractivity contribution in [2.24, 2.45) is 4.99 Å². The number of aliphatic imine (C=N–C) groups is 1. The lowest BCUT2D eigenvalue weighted by Crippen LogP contribution is -1.98. The molecule has 2 unspecified atom stereocenters. The Balaban J connectivity index is 2.97. The summed E-state index contributed by atoms with van der Waals surface area (Å²) >= 11 is 0. The Morgan fingerprint density at radius 2 is 2.29 bits per heavy atom. The summed E-state index contributed by atoms with van der Waals surface area (Å²) in [5.41, 5.74) is 0. The summed E-state index contributed by atoms with van der Waals surface area (Å²) in [5.74, 6) is 0. The molecule has 0 aliphatic heterocycles. The molecular formula is C3H10N2P2. The Hall–Kier alpha value is 0.490. The van der Waals surface area contributed by atoms with E-state index in [0.29, 0.717) is 0 Å². The van der Waals surface area contributed by atoms with Crippen molar-refractivity contribution in [2.75, 3.05) is 13.6 Å². The van der Waals surface area contributed by atoms with E-state index in [-0.39, 0.29) is 0 Å². The van der Waals surface area contributed by atoms with Gasteiger partial charge < -0.3 is 0 Å². The molecule has 0 N–H and O–H groups in total. The van der Waals surface area contributed by atoms with Crippen LogP contribution in [0.5, 0.6) is 0 Å². The van der Waals surface area contributed by atoms with Crippen LogP contribution in [0.2, 0.25) is 0 Å². The highest BCUT2D eigenvalue weighted by atomic mass is 31.1. The lowest BCUT2D eigenvalue weighted by atomic mass is 10.8. The first-order chi connectivity index (χ1) is 3.27. The van der Waals surface area contributed by atoms with Crippen LogP contribution in [0.1, 0.15) is 0 Å². The highest BCUT2D eigenvalue weighted by molar-refractivity contribution is 7.30. The minimum Gasteiger partial charge on any atom is -0.299 e. The molecule has 0 aromatic carbocycles. The highest BCUT2D eigenvalue weighted by Crippen LogP contribution is 2.01. The van der Waals surface area contributed by atoms with Crippen molar-refractivity contribution < 1.29 is 0 Å². The minimum absolute atomic E-state index is 0.867. The number of hydrogen-bond acceptors (Lipinski definition) is 2. The highest BCUT2D eigenvalue weighted by Gasteiger charge is 1.78. The molecule has 4 heteroatoms. The summed E-state index contributed by atoms with van der Waals surface area (Å²) in [6, 6.07) is 0. The molecule has 2 nitrogen and oxygen atoms in total. The van der Waals surface area contributed by atoms with E-state index in [1.807, 2.05) is 10.7 Å². The summed E-state index contributed by atoms with van der Waals surface area (Å²) < 4.78 is 1.90. The van der Waals surface area contributed by atoms with Gasteiger partial charge in [0.25, 0.3) is 0 Å². The Morgan fingerprint density at radius 3 is 2.43 bits per heavy atom. The van der Waals surface area contributed by atoms with E-state index < -0.39 is 0 Å². The fourth-order valence-electron chi connectivity index (χ4n) is 0.176.